The summed E-state index contributed by atoms with van der Waals surface area (Å²) >= 11 is 0. The van der Waals surface area contributed by atoms with Gasteiger partial charge in [0.05, 0.1) is 12.8 Å². The van der Waals surface area contributed by atoms with Crippen LogP contribution < -0.4 is 4.74 Å². The Bertz CT molecular complexity index is 961. The number of amides is 1. The molecule has 4 rings (SSSR count). The van der Waals surface area contributed by atoms with E-state index >= 15 is 0 Å². The van der Waals surface area contributed by atoms with Crippen molar-refractivity contribution in [3.05, 3.63) is 71.7 Å². The number of carbonyl (C=O) groups excluding carboxylic acids is 1. The lowest BCUT2D eigenvalue weighted by Crippen LogP contribution is -2.48. The Morgan fingerprint density at radius 2 is 1.76 bits per heavy atom. The van der Waals surface area contributed by atoms with Crippen molar-refractivity contribution in [1.82, 2.24) is 20.0 Å². The molecule has 0 saturated carbocycles. The van der Waals surface area contributed by atoms with Gasteiger partial charge in [-0.2, -0.15) is 5.10 Å². The van der Waals surface area contributed by atoms with Crippen LogP contribution in [0.4, 0.5) is 4.39 Å². The molecule has 3 aromatic rings. The topological polar surface area (TPSA) is 61.5 Å². The number of H-pyrrole nitrogens is 1. The van der Waals surface area contributed by atoms with Crippen molar-refractivity contribution in [2.75, 3.05) is 33.3 Å². The van der Waals surface area contributed by atoms with E-state index in [9.17, 15) is 9.18 Å². The van der Waals surface area contributed by atoms with Gasteiger partial charge in [-0.1, -0.05) is 12.1 Å². The predicted molar refractivity (Wildman–Crippen MR) is 108 cm³/mol. The lowest BCUT2D eigenvalue weighted by Gasteiger charge is -2.34. The fourth-order valence-corrected chi connectivity index (χ4v) is 3.47. The predicted octanol–water partition coefficient (Wildman–Crippen LogP) is 3.18. The zero-order valence-electron chi connectivity index (χ0n) is 16.3. The first-order chi connectivity index (χ1) is 14.1. The molecule has 1 saturated heterocycles. The molecule has 1 aliphatic rings. The number of ether oxygens (including phenoxy) is 1. The fraction of sp³-hybridized carbons (Fsp3) is 0.273. The largest absolute Gasteiger partial charge is 0.497 e. The van der Waals surface area contributed by atoms with E-state index in [4.69, 9.17) is 4.74 Å². The summed E-state index contributed by atoms with van der Waals surface area (Å²) in [5, 5.41) is 7.15. The molecule has 150 valence electrons. The molecule has 0 unspecified atom stereocenters. The number of rotatable bonds is 5. The van der Waals surface area contributed by atoms with Gasteiger partial charge in [0, 0.05) is 38.3 Å². The van der Waals surface area contributed by atoms with Crippen LogP contribution in [0.3, 0.4) is 0 Å². The Labute approximate surface area is 168 Å². The highest BCUT2D eigenvalue weighted by Crippen LogP contribution is 2.22. The van der Waals surface area contributed by atoms with Crippen molar-refractivity contribution in [2.24, 2.45) is 0 Å². The zero-order valence-corrected chi connectivity index (χ0v) is 16.3. The SMILES string of the molecule is COc1ccc(-c2cc(C(=O)N3CCN(Cc4ccc(F)cc4)CC3)[nH]n2)cc1. The number of piperazine rings is 1. The van der Waals surface area contributed by atoms with Crippen molar-refractivity contribution in [1.29, 1.82) is 0 Å². The van der Waals surface area contributed by atoms with E-state index in [1.165, 1.54) is 12.1 Å². The minimum Gasteiger partial charge on any atom is -0.497 e. The molecule has 0 atom stereocenters. The van der Waals surface area contributed by atoms with Crippen molar-refractivity contribution in [2.45, 2.75) is 6.54 Å². The van der Waals surface area contributed by atoms with Crippen LogP contribution in [0.15, 0.2) is 54.6 Å². The second-order valence-corrected chi connectivity index (χ2v) is 7.09. The second-order valence-electron chi connectivity index (χ2n) is 7.09. The van der Waals surface area contributed by atoms with Gasteiger partial charge in [0.1, 0.15) is 17.3 Å². The Kier molecular flexibility index (Phi) is 5.57. The van der Waals surface area contributed by atoms with Gasteiger partial charge in [0.15, 0.2) is 0 Å². The smallest absolute Gasteiger partial charge is 0.271 e. The van der Waals surface area contributed by atoms with Gasteiger partial charge in [0.25, 0.3) is 5.91 Å². The first kappa shape index (κ1) is 19.1. The normalized spacial score (nSPS) is 14.8. The van der Waals surface area contributed by atoms with E-state index in [0.717, 1.165) is 42.2 Å². The standard InChI is InChI=1S/C22H23FN4O2/c1-29-19-8-4-17(5-9-19)20-14-21(25-24-20)22(28)27-12-10-26(11-13-27)15-16-2-6-18(23)7-3-16/h2-9,14H,10-13,15H2,1H3,(H,24,25). The third-order valence-corrected chi connectivity index (χ3v) is 5.17. The number of aromatic amines is 1. The quantitative estimate of drug-likeness (QED) is 0.722. The van der Waals surface area contributed by atoms with Crippen LogP contribution in [0.5, 0.6) is 5.75 Å². The number of hydrogen-bond acceptors (Lipinski definition) is 4. The number of nitrogens with one attached hydrogen (secondary N) is 1. The lowest BCUT2D eigenvalue weighted by molar-refractivity contribution is 0.0622. The summed E-state index contributed by atoms with van der Waals surface area (Å²) in [4.78, 5) is 16.9. The number of halogens is 1. The summed E-state index contributed by atoms with van der Waals surface area (Å²) in [5.74, 6) is 0.510. The molecular formula is C22H23FN4O2. The molecule has 29 heavy (non-hydrogen) atoms. The highest BCUT2D eigenvalue weighted by atomic mass is 19.1. The molecule has 2 heterocycles. The molecule has 0 aliphatic carbocycles. The van der Waals surface area contributed by atoms with Crippen LogP contribution in [0.25, 0.3) is 11.3 Å². The van der Waals surface area contributed by atoms with Crippen LogP contribution in [0.1, 0.15) is 16.1 Å². The van der Waals surface area contributed by atoms with Crippen LogP contribution in [-0.4, -0.2) is 59.2 Å². The Morgan fingerprint density at radius 3 is 2.41 bits per heavy atom. The number of aromatic nitrogens is 2. The van der Waals surface area contributed by atoms with Gasteiger partial charge in [-0.15, -0.1) is 0 Å². The molecule has 1 amide bonds. The highest BCUT2D eigenvalue weighted by molar-refractivity contribution is 5.93. The molecule has 1 aromatic heterocycles. The first-order valence-electron chi connectivity index (χ1n) is 9.58. The highest BCUT2D eigenvalue weighted by Gasteiger charge is 2.23. The molecule has 7 heteroatoms. The maximum atomic E-state index is 13.0. The van der Waals surface area contributed by atoms with Crippen LogP contribution in [0.2, 0.25) is 0 Å². The summed E-state index contributed by atoms with van der Waals surface area (Å²) in [5.41, 5.74) is 3.21. The number of carbonyl (C=O) groups is 1. The van der Waals surface area contributed by atoms with Gasteiger partial charge in [-0.3, -0.25) is 14.8 Å². The van der Waals surface area contributed by atoms with Gasteiger partial charge < -0.3 is 9.64 Å². The molecule has 1 fully saturated rings. The minimum absolute atomic E-state index is 0.0429. The van der Waals surface area contributed by atoms with E-state index < -0.39 is 0 Å². The van der Waals surface area contributed by atoms with Crippen LogP contribution in [0, 0.1) is 5.82 Å². The van der Waals surface area contributed by atoms with Crippen molar-refractivity contribution in [3.63, 3.8) is 0 Å². The van der Waals surface area contributed by atoms with Crippen LogP contribution in [-0.2, 0) is 6.54 Å². The van der Waals surface area contributed by atoms with E-state index in [1.54, 1.807) is 25.3 Å². The van der Waals surface area contributed by atoms with Gasteiger partial charge in [0.2, 0.25) is 0 Å². The third kappa shape index (κ3) is 4.46. The maximum absolute atomic E-state index is 13.0. The minimum atomic E-state index is -0.224. The van der Waals surface area contributed by atoms with E-state index in [-0.39, 0.29) is 11.7 Å². The fourth-order valence-electron chi connectivity index (χ4n) is 3.47. The number of methoxy groups -OCH3 is 1. The maximum Gasteiger partial charge on any atom is 0.271 e. The average molecular weight is 394 g/mol. The van der Waals surface area contributed by atoms with E-state index in [0.29, 0.717) is 18.8 Å². The van der Waals surface area contributed by atoms with Crippen molar-refractivity contribution < 1.29 is 13.9 Å². The van der Waals surface area contributed by atoms with Crippen LogP contribution >= 0.6 is 0 Å². The Balaban J connectivity index is 1.34. The first-order valence-corrected chi connectivity index (χ1v) is 9.58. The third-order valence-electron chi connectivity index (χ3n) is 5.17. The summed E-state index contributed by atoms with van der Waals surface area (Å²) in [6.07, 6.45) is 0. The van der Waals surface area contributed by atoms with E-state index in [2.05, 4.69) is 15.1 Å². The molecule has 6 nitrogen and oxygen atoms in total. The number of hydrogen-bond donors (Lipinski definition) is 1. The van der Waals surface area contributed by atoms with Crippen molar-refractivity contribution in [3.8, 4) is 17.0 Å². The molecular weight excluding hydrogens is 371 g/mol. The van der Waals surface area contributed by atoms with Gasteiger partial charge in [-0.25, -0.2) is 4.39 Å². The summed E-state index contributed by atoms with van der Waals surface area (Å²) in [6, 6.07) is 15.9. The molecule has 1 N–H and O–H groups in total. The number of benzene rings is 2. The Hall–Kier alpha value is -3.19. The number of nitrogens with zero attached hydrogens (tertiary/aromatic N) is 3. The summed E-state index contributed by atoms with van der Waals surface area (Å²) in [7, 11) is 1.62. The van der Waals surface area contributed by atoms with E-state index in [1.807, 2.05) is 29.2 Å². The molecule has 1 aliphatic heterocycles. The van der Waals surface area contributed by atoms with Gasteiger partial charge in [-0.05, 0) is 48.0 Å². The lowest BCUT2D eigenvalue weighted by atomic mass is 10.1. The second kappa shape index (κ2) is 8.45. The Morgan fingerprint density at radius 1 is 1.07 bits per heavy atom. The zero-order chi connectivity index (χ0) is 20.2. The molecule has 0 spiro atoms. The molecule has 0 bridgehead atoms. The monoisotopic (exact) mass is 394 g/mol. The summed E-state index contributed by atoms with van der Waals surface area (Å²) in [6.45, 7) is 3.62. The van der Waals surface area contributed by atoms with Crippen molar-refractivity contribution >= 4 is 5.91 Å². The molecule has 2 aromatic carbocycles. The summed E-state index contributed by atoms with van der Waals surface area (Å²) < 4.78 is 18.2. The molecule has 0 radical (unpaired) electrons. The average Bonchev–Trinajstić information content (AvgIpc) is 3.26. The van der Waals surface area contributed by atoms with Gasteiger partial charge >= 0.3 is 0 Å².